The molecule has 1 aliphatic heterocycles. The number of carbonyl (C=O) groups excluding carboxylic acids is 2. The summed E-state index contributed by atoms with van der Waals surface area (Å²) in [7, 11) is 0. The maximum Gasteiger partial charge on any atom is 0.255 e. The maximum absolute atomic E-state index is 12.7. The summed E-state index contributed by atoms with van der Waals surface area (Å²) in [6.45, 7) is 0.678. The van der Waals surface area contributed by atoms with Gasteiger partial charge >= 0.3 is 0 Å². The van der Waals surface area contributed by atoms with Crippen molar-refractivity contribution in [3.05, 3.63) is 84.4 Å². The molecule has 0 aromatic heterocycles. The van der Waals surface area contributed by atoms with Crippen molar-refractivity contribution in [3.8, 4) is 11.5 Å². The van der Waals surface area contributed by atoms with Gasteiger partial charge in [-0.25, -0.2) is 0 Å². The molecule has 4 rings (SSSR count). The Bertz CT molecular complexity index is 984. The highest BCUT2D eigenvalue weighted by atomic mass is 16.5. The standard InChI is InChI=1S/C23H20N2O3/c26-22-11-6-16-25(22)21-10-5-4-9-20(21)24-23(27)17-12-14-19(15-13-17)28-18-7-2-1-3-8-18/h1-5,7-10,12-15H,6,11,16H2,(H,24,27). The lowest BCUT2D eigenvalue weighted by molar-refractivity contribution is -0.117. The molecule has 3 aromatic rings. The summed E-state index contributed by atoms with van der Waals surface area (Å²) >= 11 is 0. The predicted molar refractivity (Wildman–Crippen MR) is 109 cm³/mol. The summed E-state index contributed by atoms with van der Waals surface area (Å²) in [6.07, 6.45) is 1.38. The molecule has 1 fully saturated rings. The van der Waals surface area contributed by atoms with Gasteiger partial charge in [-0.05, 0) is 55.0 Å². The number of rotatable bonds is 5. The van der Waals surface area contributed by atoms with Gasteiger partial charge in [-0.3, -0.25) is 9.59 Å². The van der Waals surface area contributed by atoms with Gasteiger partial charge in [0, 0.05) is 18.5 Å². The molecule has 5 nitrogen and oxygen atoms in total. The Morgan fingerprint density at radius 2 is 1.54 bits per heavy atom. The third-order valence-corrected chi connectivity index (χ3v) is 4.61. The third-order valence-electron chi connectivity index (χ3n) is 4.61. The van der Waals surface area contributed by atoms with Crippen LogP contribution in [0.5, 0.6) is 11.5 Å². The van der Waals surface area contributed by atoms with Crippen molar-refractivity contribution in [1.29, 1.82) is 0 Å². The molecule has 0 unspecified atom stereocenters. The summed E-state index contributed by atoms with van der Waals surface area (Å²) < 4.78 is 5.75. The second kappa shape index (κ2) is 7.96. The van der Waals surface area contributed by atoms with E-state index in [0.29, 0.717) is 30.0 Å². The molecule has 1 aliphatic rings. The first-order valence-electron chi connectivity index (χ1n) is 9.24. The first kappa shape index (κ1) is 17.8. The minimum absolute atomic E-state index is 0.0871. The monoisotopic (exact) mass is 372 g/mol. The highest BCUT2D eigenvalue weighted by Gasteiger charge is 2.24. The lowest BCUT2D eigenvalue weighted by Crippen LogP contribution is -2.25. The first-order valence-corrected chi connectivity index (χ1v) is 9.24. The topological polar surface area (TPSA) is 58.6 Å². The Morgan fingerprint density at radius 1 is 0.857 bits per heavy atom. The van der Waals surface area contributed by atoms with E-state index in [2.05, 4.69) is 5.32 Å². The molecule has 1 saturated heterocycles. The fourth-order valence-corrected chi connectivity index (χ4v) is 3.21. The molecule has 0 atom stereocenters. The van der Waals surface area contributed by atoms with Gasteiger partial charge in [0.05, 0.1) is 11.4 Å². The van der Waals surface area contributed by atoms with Gasteiger partial charge in [-0.1, -0.05) is 30.3 Å². The molecular weight excluding hydrogens is 352 g/mol. The van der Waals surface area contributed by atoms with Crippen LogP contribution in [-0.4, -0.2) is 18.4 Å². The van der Waals surface area contributed by atoms with Crippen molar-refractivity contribution >= 4 is 23.2 Å². The highest BCUT2D eigenvalue weighted by molar-refractivity contribution is 6.08. The second-order valence-corrected chi connectivity index (χ2v) is 6.56. The fraction of sp³-hybridized carbons (Fsp3) is 0.130. The van der Waals surface area contributed by atoms with Gasteiger partial charge in [0.25, 0.3) is 5.91 Å². The third kappa shape index (κ3) is 3.88. The Hall–Kier alpha value is -3.60. The van der Waals surface area contributed by atoms with E-state index in [1.165, 1.54) is 0 Å². The lowest BCUT2D eigenvalue weighted by atomic mass is 10.2. The molecule has 3 aromatic carbocycles. The molecule has 0 bridgehead atoms. The van der Waals surface area contributed by atoms with Gasteiger partial charge in [0.1, 0.15) is 11.5 Å². The lowest BCUT2D eigenvalue weighted by Gasteiger charge is -2.20. The zero-order chi connectivity index (χ0) is 19.3. The molecular formula is C23H20N2O3. The average molecular weight is 372 g/mol. The molecule has 0 radical (unpaired) electrons. The summed E-state index contributed by atoms with van der Waals surface area (Å²) in [6, 6.07) is 23.8. The maximum atomic E-state index is 12.7. The number of amides is 2. The number of nitrogens with one attached hydrogen (secondary N) is 1. The van der Waals surface area contributed by atoms with Gasteiger partial charge < -0.3 is 15.0 Å². The summed E-state index contributed by atoms with van der Waals surface area (Å²) in [5.41, 5.74) is 1.89. The molecule has 0 aliphatic carbocycles. The van der Waals surface area contributed by atoms with Crippen molar-refractivity contribution in [3.63, 3.8) is 0 Å². The van der Waals surface area contributed by atoms with Crippen LogP contribution in [0.2, 0.25) is 0 Å². The predicted octanol–water partition coefficient (Wildman–Crippen LogP) is 4.86. The van der Waals surface area contributed by atoms with Crippen LogP contribution < -0.4 is 15.0 Å². The van der Waals surface area contributed by atoms with Crippen LogP contribution in [0.1, 0.15) is 23.2 Å². The highest BCUT2D eigenvalue weighted by Crippen LogP contribution is 2.30. The van der Waals surface area contributed by atoms with Crippen molar-refractivity contribution in [2.45, 2.75) is 12.8 Å². The smallest absolute Gasteiger partial charge is 0.255 e. The zero-order valence-corrected chi connectivity index (χ0v) is 15.3. The summed E-state index contributed by atoms with van der Waals surface area (Å²) in [5, 5.41) is 2.92. The van der Waals surface area contributed by atoms with E-state index in [1.54, 1.807) is 29.2 Å². The van der Waals surface area contributed by atoms with Crippen LogP contribution in [0.4, 0.5) is 11.4 Å². The second-order valence-electron chi connectivity index (χ2n) is 6.56. The normalized spacial score (nSPS) is 13.4. The number of hydrogen-bond acceptors (Lipinski definition) is 3. The van der Waals surface area contributed by atoms with Crippen LogP contribution in [0.15, 0.2) is 78.9 Å². The van der Waals surface area contributed by atoms with Crippen LogP contribution in [-0.2, 0) is 4.79 Å². The van der Waals surface area contributed by atoms with E-state index in [4.69, 9.17) is 4.74 Å². The van der Waals surface area contributed by atoms with E-state index in [-0.39, 0.29) is 11.8 Å². The minimum Gasteiger partial charge on any atom is -0.457 e. The minimum atomic E-state index is -0.231. The van der Waals surface area contributed by atoms with Gasteiger partial charge in [0.2, 0.25) is 5.91 Å². The van der Waals surface area contributed by atoms with Crippen LogP contribution >= 0.6 is 0 Å². The SMILES string of the molecule is O=C(Nc1ccccc1N1CCCC1=O)c1ccc(Oc2ccccc2)cc1. The number of anilines is 2. The number of benzene rings is 3. The molecule has 28 heavy (non-hydrogen) atoms. The molecule has 2 amide bonds. The van der Waals surface area contributed by atoms with E-state index in [0.717, 1.165) is 17.9 Å². The molecule has 0 spiro atoms. The Kier molecular flexibility index (Phi) is 5.06. The number of nitrogens with zero attached hydrogens (tertiary/aromatic N) is 1. The van der Waals surface area contributed by atoms with Crippen LogP contribution in [0.25, 0.3) is 0 Å². The number of ether oxygens (including phenoxy) is 1. The Labute approximate surface area is 163 Å². The van der Waals surface area contributed by atoms with Crippen molar-refractivity contribution in [1.82, 2.24) is 0 Å². The molecule has 1 heterocycles. The quantitative estimate of drug-likeness (QED) is 0.696. The van der Waals surface area contributed by atoms with Crippen molar-refractivity contribution in [2.24, 2.45) is 0 Å². The van der Waals surface area contributed by atoms with E-state index in [1.807, 2.05) is 54.6 Å². The first-order chi connectivity index (χ1) is 13.7. The number of hydrogen-bond donors (Lipinski definition) is 1. The number of para-hydroxylation sites is 3. The summed E-state index contributed by atoms with van der Waals surface area (Å²) in [5.74, 6) is 1.25. The van der Waals surface area contributed by atoms with Gasteiger partial charge in [-0.2, -0.15) is 0 Å². The van der Waals surface area contributed by atoms with Crippen molar-refractivity contribution in [2.75, 3.05) is 16.8 Å². The van der Waals surface area contributed by atoms with E-state index >= 15 is 0 Å². The van der Waals surface area contributed by atoms with Gasteiger partial charge in [-0.15, -0.1) is 0 Å². The summed E-state index contributed by atoms with van der Waals surface area (Å²) in [4.78, 5) is 26.5. The average Bonchev–Trinajstić information content (AvgIpc) is 3.15. The largest absolute Gasteiger partial charge is 0.457 e. The van der Waals surface area contributed by atoms with Crippen LogP contribution in [0.3, 0.4) is 0 Å². The zero-order valence-electron chi connectivity index (χ0n) is 15.3. The Morgan fingerprint density at radius 3 is 2.25 bits per heavy atom. The fourth-order valence-electron chi connectivity index (χ4n) is 3.21. The van der Waals surface area contributed by atoms with E-state index < -0.39 is 0 Å². The van der Waals surface area contributed by atoms with E-state index in [9.17, 15) is 9.59 Å². The Balaban J connectivity index is 1.48. The van der Waals surface area contributed by atoms with Crippen molar-refractivity contribution < 1.29 is 14.3 Å². The van der Waals surface area contributed by atoms with Crippen LogP contribution in [0, 0.1) is 0 Å². The number of carbonyl (C=O) groups is 2. The molecule has 140 valence electrons. The van der Waals surface area contributed by atoms with Gasteiger partial charge in [0.15, 0.2) is 0 Å². The molecule has 0 saturated carbocycles. The molecule has 1 N–H and O–H groups in total. The molecule has 5 heteroatoms.